The molecule has 0 unspecified atom stereocenters. The standard InChI is InChI=1S/C20H23N5O/c1-14(25-9-7-16-10-21-13-24-19(16)12-25)20(26)22-8-6-15-11-23-18-5-3-2-4-17(15)18/h2-5,10-11,13-14,23H,6-9,12H2,1H3,(H,22,26)/t14-/m0/s1. The normalized spacial score (nSPS) is 15.6. The molecule has 0 spiro atoms. The summed E-state index contributed by atoms with van der Waals surface area (Å²) < 4.78 is 0. The average Bonchev–Trinajstić information content (AvgIpc) is 3.10. The monoisotopic (exact) mass is 349 g/mol. The fraction of sp³-hybridized carbons (Fsp3) is 0.350. The number of aromatic nitrogens is 3. The van der Waals surface area contributed by atoms with Crippen molar-refractivity contribution in [3.63, 3.8) is 0 Å². The second-order valence-electron chi connectivity index (χ2n) is 6.79. The molecule has 1 amide bonds. The second-order valence-corrected chi connectivity index (χ2v) is 6.79. The Morgan fingerprint density at radius 1 is 1.38 bits per heavy atom. The maximum absolute atomic E-state index is 12.6. The van der Waals surface area contributed by atoms with E-state index < -0.39 is 0 Å². The van der Waals surface area contributed by atoms with Gasteiger partial charge in [-0.1, -0.05) is 18.2 Å². The van der Waals surface area contributed by atoms with Crippen LogP contribution in [0.15, 0.2) is 43.0 Å². The topological polar surface area (TPSA) is 73.9 Å². The number of para-hydroxylation sites is 1. The number of nitrogens with one attached hydrogen (secondary N) is 2. The molecule has 134 valence electrons. The predicted molar refractivity (Wildman–Crippen MR) is 101 cm³/mol. The molecule has 26 heavy (non-hydrogen) atoms. The highest BCUT2D eigenvalue weighted by molar-refractivity contribution is 5.83. The Morgan fingerprint density at radius 2 is 2.27 bits per heavy atom. The van der Waals surface area contributed by atoms with Crippen molar-refractivity contribution in [2.24, 2.45) is 0 Å². The summed E-state index contributed by atoms with van der Waals surface area (Å²) >= 11 is 0. The van der Waals surface area contributed by atoms with Gasteiger partial charge in [0.15, 0.2) is 0 Å². The highest BCUT2D eigenvalue weighted by Gasteiger charge is 2.25. The number of amides is 1. The zero-order valence-corrected chi connectivity index (χ0v) is 14.9. The van der Waals surface area contributed by atoms with Gasteiger partial charge in [-0.25, -0.2) is 9.97 Å². The molecule has 3 aromatic rings. The van der Waals surface area contributed by atoms with E-state index >= 15 is 0 Å². The van der Waals surface area contributed by atoms with Gasteiger partial charge in [0.05, 0.1) is 11.7 Å². The first kappa shape index (κ1) is 16.7. The summed E-state index contributed by atoms with van der Waals surface area (Å²) in [6, 6.07) is 8.07. The van der Waals surface area contributed by atoms with Crippen molar-refractivity contribution < 1.29 is 4.79 Å². The van der Waals surface area contributed by atoms with Crippen molar-refractivity contribution in [3.05, 3.63) is 59.8 Å². The van der Waals surface area contributed by atoms with Crippen LogP contribution in [0.1, 0.15) is 23.7 Å². The number of nitrogens with zero attached hydrogens (tertiary/aromatic N) is 3. The lowest BCUT2D eigenvalue weighted by Crippen LogP contribution is -2.47. The quantitative estimate of drug-likeness (QED) is 0.739. The molecule has 3 heterocycles. The van der Waals surface area contributed by atoms with Crippen LogP contribution in [0.4, 0.5) is 0 Å². The van der Waals surface area contributed by atoms with Gasteiger partial charge < -0.3 is 10.3 Å². The van der Waals surface area contributed by atoms with Crippen LogP contribution in [0.5, 0.6) is 0 Å². The Morgan fingerprint density at radius 3 is 3.19 bits per heavy atom. The zero-order valence-electron chi connectivity index (χ0n) is 14.9. The molecule has 6 heteroatoms. The number of hydrogen-bond donors (Lipinski definition) is 2. The molecular formula is C20H23N5O. The largest absolute Gasteiger partial charge is 0.361 e. The van der Waals surface area contributed by atoms with Crippen molar-refractivity contribution in [1.29, 1.82) is 0 Å². The fourth-order valence-electron chi connectivity index (χ4n) is 3.57. The summed E-state index contributed by atoms with van der Waals surface area (Å²) in [7, 11) is 0. The second kappa shape index (κ2) is 7.25. The lowest BCUT2D eigenvalue weighted by Gasteiger charge is -2.31. The first-order chi connectivity index (χ1) is 12.7. The predicted octanol–water partition coefficient (Wildman–Crippen LogP) is 2.06. The molecule has 0 bridgehead atoms. The molecule has 6 nitrogen and oxygen atoms in total. The van der Waals surface area contributed by atoms with Gasteiger partial charge in [0.2, 0.25) is 5.91 Å². The van der Waals surface area contributed by atoms with Crippen LogP contribution in [0.25, 0.3) is 10.9 Å². The van der Waals surface area contributed by atoms with Crippen molar-refractivity contribution in [1.82, 2.24) is 25.2 Å². The molecule has 1 aliphatic heterocycles. The molecule has 1 atom stereocenters. The van der Waals surface area contributed by atoms with Gasteiger partial charge in [-0.2, -0.15) is 0 Å². The highest BCUT2D eigenvalue weighted by Crippen LogP contribution is 2.19. The Bertz CT molecular complexity index is 919. The summed E-state index contributed by atoms with van der Waals surface area (Å²) in [6.45, 7) is 4.16. The minimum absolute atomic E-state index is 0.0716. The Kier molecular flexibility index (Phi) is 4.67. The first-order valence-electron chi connectivity index (χ1n) is 9.07. The summed E-state index contributed by atoms with van der Waals surface area (Å²) in [5.74, 6) is 0.0716. The minimum Gasteiger partial charge on any atom is -0.361 e. The van der Waals surface area contributed by atoms with Crippen molar-refractivity contribution in [3.8, 4) is 0 Å². The van der Waals surface area contributed by atoms with Crippen molar-refractivity contribution in [2.75, 3.05) is 13.1 Å². The molecule has 2 N–H and O–H groups in total. The fourth-order valence-corrected chi connectivity index (χ4v) is 3.57. The molecule has 0 saturated heterocycles. The number of benzene rings is 1. The Labute approximate surface area is 152 Å². The van der Waals surface area contributed by atoms with E-state index in [-0.39, 0.29) is 11.9 Å². The zero-order chi connectivity index (χ0) is 17.9. The maximum Gasteiger partial charge on any atom is 0.237 e. The van der Waals surface area contributed by atoms with Crippen LogP contribution in [0.3, 0.4) is 0 Å². The number of H-pyrrole nitrogens is 1. The van der Waals surface area contributed by atoms with Gasteiger partial charge in [0.1, 0.15) is 6.33 Å². The van der Waals surface area contributed by atoms with Crippen molar-refractivity contribution >= 4 is 16.8 Å². The third-order valence-electron chi connectivity index (χ3n) is 5.20. The number of rotatable bonds is 5. The average molecular weight is 349 g/mol. The molecule has 1 aliphatic rings. The molecule has 2 aromatic heterocycles. The van der Waals surface area contributed by atoms with Crippen LogP contribution >= 0.6 is 0 Å². The Balaban J connectivity index is 1.32. The number of carbonyl (C=O) groups excluding carboxylic acids is 1. The molecule has 0 saturated carbocycles. The van der Waals surface area contributed by atoms with Crippen LogP contribution in [0.2, 0.25) is 0 Å². The van der Waals surface area contributed by atoms with Crippen LogP contribution in [-0.2, 0) is 24.2 Å². The lowest BCUT2D eigenvalue weighted by atomic mass is 10.1. The van der Waals surface area contributed by atoms with E-state index in [9.17, 15) is 4.79 Å². The summed E-state index contributed by atoms with van der Waals surface area (Å²) in [6.07, 6.45) is 7.20. The first-order valence-corrected chi connectivity index (χ1v) is 9.07. The maximum atomic E-state index is 12.6. The summed E-state index contributed by atoms with van der Waals surface area (Å²) in [4.78, 5) is 26.4. The third kappa shape index (κ3) is 3.32. The van der Waals surface area contributed by atoms with E-state index in [2.05, 4.69) is 37.3 Å². The summed E-state index contributed by atoms with van der Waals surface area (Å²) in [5.41, 5.74) is 4.59. The number of carbonyl (C=O) groups is 1. The molecule has 0 aliphatic carbocycles. The van der Waals surface area contributed by atoms with E-state index in [1.165, 1.54) is 16.5 Å². The van der Waals surface area contributed by atoms with Crippen molar-refractivity contribution in [2.45, 2.75) is 32.4 Å². The van der Waals surface area contributed by atoms with E-state index in [0.717, 1.165) is 30.6 Å². The van der Waals surface area contributed by atoms with E-state index in [1.807, 2.05) is 31.5 Å². The van der Waals surface area contributed by atoms with Crippen LogP contribution in [-0.4, -0.2) is 44.9 Å². The SMILES string of the molecule is C[C@@H](C(=O)NCCc1c[nH]c2ccccc12)N1CCc2cncnc2C1. The van der Waals surface area contributed by atoms with Gasteiger partial charge in [-0.15, -0.1) is 0 Å². The molecule has 0 fully saturated rings. The van der Waals surface area contributed by atoms with Crippen LogP contribution < -0.4 is 5.32 Å². The van der Waals surface area contributed by atoms with Gasteiger partial charge in [-0.05, 0) is 37.0 Å². The molecule has 1 aromatic carbocycles. The molecule has 0 radical (unpaired) electrons. The van der Waals surface area contributed by atoms with E-state index in [1.54, 1.807) is 6.33 Å². The minimum atomic E-state index is -0.166. The Hall–Kier alpha value is -2.73. The van der Waals surface area contributed by atoms with Gasteiger partial charge in [0, 0.05) is 42.9 Å². The highest BCUT2D eigenvalue weighted by atomic mass is 16.2. The number of hydrogen-bond acceptors (Lipinski definition) is 4. The third-order valence-corrected chi connectivity index (χ3v) is 5.20. The molecular weight excluding hydrogens is 326 g/mol. The number of fused-ring (bicyclic) bond motifs is 2. The van der Waals surface area contributed by atoms with Gasteiger partial charge >= 0.3 is 0 Å². The van der Waals surface area contributed by atoms with Gasteiger partial charge in [0.25, 0.3) is 0 Å². The van der Waals surface area contributed by atoms with E-state index in [0.29, 0.717) is 13.1 Å². The van der Waals surface area contributed by atoms with Crippen LogP contribution in [0, 0.1) is 0 Å². The van der Waals surface area contributed by atoms with Gasteiger partial charge in [-0.3, -0.25) is 9.69 Å². The molecule has 4 rings (SSSR count). The number of aromatic amines is 1. The van der Waals surface area contributed by atoms with E-state index in [4.69, 9.17) is 0 Å². The summed E-state index contributed by atoms with van der Waals surface area (Å²) in [5, 5.41) is 4.30. The smallest absolute Gasteiger partial charge is 0.237 e. The lowest BCUT2D eigenvalue weighted by molar-refractivity contribution is -0.126.